The number of nitriles is 1. The van der Waals surface area contributed by atoms with E-state index < -0.39 is 5.97 Å². The fourth-order valence-electron chi connectivity index (χ4n) is 3.16. The van der Waals surface area contributed by atoms with Crippen LogP contribution in [-0.4, -0.2) is 18.5 Å². The number of aryl methyl sites for hydroxylation is 1. The number of nitrogens with one attached hydrogen (secondary N) is 1. The van der Waals surface area contributed by atoms with Crippen molar-refractivity contribution in [2.24, 2.45) is 0 Å². The molecule has 27 heavy (non-hydrogen) atoms. The third-order valence-electron chi connectivity index (χ3n) is 4.50. The molecule has 0 radical (unpaired) electrons. The molecule has 5 heteroatoms. The van der Waals surface area contributed by atoms with Gasteiger partial charge in [-0.05, 0) is 54.2 Å². The van der Waals surface area contributed by atoms with Gasteiger partial charge < -0.3 is 10.1 Å². The number of fused-ring (bicyclic) bond motifs is 1. The molecule has 2 aromatic carbocycles. The summed E-state index contributed by atoms with van der Waals surface area (Å²) >= 11 is 0. The van der Waals surface area contributed by atoms with Gasteiger partial charge in [-0.2, -0.15) is 5.26 Å². The van der Waals surface area contributed by atoms with Crippen molar-refractivity contribution in [3.8, 4) is 6.07 Å². The van der Waals surface area contributed by atoms with Crippen LogP contribution in [0.5, 0.6) is 0 Å². The van der Waals surface area contributed by atoms with Crippen LogP contribution >= 0.6 is 0 Å². The highest BCUT2D eigenvalue weighted by atomic mass is 16.5. The van der Waals surface area contributed by atoms with Gasteiger partial charge in [0.25, 0.3) is 5.91 Å². The van der Waals surface area contributed by atoms with Crippen molar-refractivity contribution in [3.63, 3.8) is 0 Å². The smallest absolute Gasteiger partial charge is 0.331 e. The molecular formula is C22H20N2O3. The number of esters is 1. The summed E-state index contributed by atoms with van der Waals surface area (Å²) in [4.78, 5) is 23.9. The minimum Gasteiger partial charge on any atom is -0.452 e. The van der Waals surface area contributed by atoms with Crippen molar-refractivity contribution in [3.05, 3.63) is 76.9 Å². The van der Waals surface area contributed by atoms with Crippen LogP contribution in [-0.2, 0) is 20.7 Å². The average molecular weight is 360 g/mol. The van der Waals surface area contributed by atoms with Crippen molar-refractivity contribution >= 4 is 18.0 Å². The average Bonchev–Trinajstić information content (AvgIpc) is 2.71. The second kappa shape index (κ2) is 8.81. The lowest BCUT2D eigenvalue weighted by Gasteiger charge is -2.26. The Bertz CT molecular complexity index is 895. The van der Waals surface area contributed by atoms with E-state index in [9.17, 15) is 9.59 Å². The van der Waals surface area contributed by atoms with Crippen LogP contribution in [0.25, 0.3) is 6.08 Å². The third-order valence-corrected chi connectivity index (χ3v) is 4.50. The van der Waals surface area contributed by atoms with Crippen molar-refractivity contribution in [2.75, 3.05) is 6.61 Å². The summed E-state index contributed by atoms with van der Waals surface area (Å²) in [5.41, 5.74) is 3.73. The summed E-state index contributed by atoms with van der Waals surface area (Å²) in [6.45, 7) is -0.310. The standard InChI is InChI=1S/C22H20N2O3/c23-14-17-10-8-16(9-11-17)12-13-22(26)27-15-21(25)24-20-7-3-5-18-4-1-2-6-19(18)20/h1-2,4,6,8-13,20H,3,5,7,15H2,(H,24,25)/b13-12+/t20-/m0/s1. The molecule has 3 rings (SSSR count). The van der Waals surface area contributed by atoms with Crippen molar-refractivity contribution in [2.45, 2.75) is 25.3 Å². The van der Waals surface area contributed by atoms with Crippen LogP contribution in [0.2, 0.25) is 0 Å². The highest BCUT2D eigenvalue weighted by Gasteiger charge is 2.21. The number of hydrogen-bond donors (Lipinski definition) is 1. The Kier molecular flexibility index (Phi) is 6.01. The largest absolute Gasteiger partial charge is 0.452 e. The minimum atomic E-state index is -0.585. The zero-order valence-electron chi connectivity index (χ0n) is 14.9. The molecular weight excluding hydrogens is 340 g/mol. The number of nitrogens with zero attached hydrogens (tertiary/aromatic N) is 1. The van der Waals surface area contributed by atoms with Crippen LogP contribution in [0, 0.1) is 11.3 Å². The monoisotopic (exact) mass is 360 g/mol. The number of ether oxygens (including phenoxy) is 1. The maximum Gasteiger partial charge on any atom is 0.331 e. The topological polar surface area (TPSA) is 79.2 Å². The van der Waals surface area contributed by atoms with Gasteiger partial charge in [0.1, 0.15) is 0 Å². The van der Waals surface area contributed by atoms with E-state index in [1.54, 1.807) is 30.3 Å². The predicted octanol–water partition coefficient (Wildman–Crippen LogP) is 3.31. The summed E-state index contributed by atoms with van der Waals surface area (Å²) in [6.07, 6.45) is 5.78. The summed E-state index contributed by atoms with van der Waals surface area (Å²) < 4.78 is 5.01. The lowest BCUT2D eigenvalue weighted by atomic mass is 9.88. The molecule has 2 aromatic rings. The van der Waals surface area contributed by atoms with E-state index in [2.05, 4.69) is 11.4 Å². The zero-order chi connectivity index (χ0) is 19.1. The Morgan fingerprint density at radius 2 is 1.96 bits per heavy atom. The molecule has 136 valence electrons. The molecule has 1 aliphatic carbocycles. The maximum atomic E-state index is 12.1. The molecule has 0 unspecified atom stereocenters. The number of carbonyl (C=O) groups is 2. The lowest BCUT2D eigenvalue weighted by molar-refractivity contribution is -0.144. The first-order chi connectivity index (χ1) is 13.2. The van der Waals surface area contributed by atoms with Gasteiger partial charge in [-0.1, -0.05) is 36.4 Å². The normalized spacial score (nSPS) is 15.6. The maximum absolute atomic E-state index is 12.1. The second-order valence-corrected chi connectivity index (χ2v) is 6.39. The van der Waals surface area contributed by atoms with Crippen molar-refractivity contribution in [1.29, 1.82) is 5.26 Å². The summed E-state index contributed by atoms with van der Waals surface area (Å²) in [5.74, 6) is -0.893. The van der Waals surface area contributed by atoms with Crippen molar-refractivity contribution < 1.29 is 14.3 Å². The Morgan fingerprint density at radius 1 is 1.19 bits per heavy atom. The number of amides is 1. The van der Waals surface area contributed by atoms with Crippen molar-refractivity contribution in [1.82, 2.24) is 5.32 Å². The van der Waals surface area contributed by atoms with Crippen LogP contribution < -0.4 is 5.32 Å². The molecule has 1 N–H and O–H groups in total. The third kappa shape index (κ3) is 5.05. The van der Waals surface area contributed by atoms with Gasteiger partial charge in [0.05, 0.1) is 17.7 Å². The van der Waals surface area contributed by atoms with Crippen LogP contribution in [0.4, 0.5) is 0 Å². The molecule has 1 amide bonds. The molecule has 0 saturated heterocycles. The molecule has 0 bridgehead atoms. The van der Waals surface area contributed by atoms with E-state index in [4.69, 9.17) is 10.00 Å². The first kappa shape index (κ1) is 18.4. The quantitative estimate of drug-likeness (QED) is 0.655. The van der Waals surface area contributed by atoms with Gasteiger partial charge in [0, 0.05) is 6.08 Å². The molecule has 0 heterocycles. The molecule has 0 spiro atoms. The van der Waals surface area contributed by atoms with Crippen LogP contribution in [0.15, 0.2) is 54.6 Å². The molecule has 0 aliphatic heterocycles. The second-order valence-electron chi connectivity index (χ2n) is 6.39. The van der Waals surface area contributed by atoms with E-state index in [-0.39, 0.29) is 18.6 Å². The Balaban J connectivity index is 1.48. The van der Waals surface area contributed by atoms with E-state index in [0.717, 1.165) is 30.4 Å². The SMILES string of the molecule is N#Cc1ccc(/C=C/C(=O)OCC(=O)N[C@H]2CCCc3ccccc32)cc1. The number of hydrogen-bond acceptors (Lipinski definition) is 4. The fourth-order valence-corrected chi connectivity index (χ4v) is 3.16. The molecule has 0 aromatic heterocycles. The predicted molar refractivity (Wildman–Crippen MR) is 101 cm³/mol. The highest BCUT2D eigenvalue weighted by Crippen LogP contribution is 2.29. The van der Waals surface area contributed by atoms with Gasteiger partial charge in [-0.3, -0.25) is 4.79 Å². The van der Waals surface area contributed by atoms with Gasteiger partial charge in [0.15, 0.2) is 6.61 Å². The minimum absolute atomic E-state index is 0.0321. The first-order valence-electron chi connectivity index (χ1n) is 8.88. The van der Waals surface area contributed by atoms with E-state index in [1.807, 2.05) is 24.3 Å². The fraction of sp³-hybridized carbons (Fsp3) is 0.227. The Hall–Kier alpha value is -3.39. The van der Waals surface area contributed by atoms with E-state index >= 15 is 0 Å². The summed E-state index contributed by atoms with van der Waals surface area (Å²) in [5, 5.41) is 11.7. The van der Waals surface area contributed by atoms with Gasteiger partial charge >= 0.3 is 5.97 Å². The number of carbonyl (C=O) groups excluding carboxylic acids is 2. The molecule has 1 atom stereocenters. The molecule has 5 nitrogen and oxygen atoms in total. The lowest BCUT2D eigenvalue weighted by Crippen LogP contribution is -2.34. The summed E-state index contributed by atoms with van der Waals surface area (Å²) in [6, 6.07) is 16.9. The zero-order valence-corrected chi connectivity index (χ0v) is 14.9. The van der Waals surface area contributed by atoms with E-state index in [1.165, 1.54) is 11.6 Å². The van der Waals surface area contributed by atoms with Gasteiger partial charge in [-0.15, -0.1) is 0 Å². The highest BCUT2D eigenvalue weighted by molar-refractivity contribution is 5.89. The molecule has 0 saturated carbocycles. The van der Waals surface area contributed by atoms with E-state index in [0.29, 0.717) is 5.56 Å². The first-order valence-corrected chi connectivity index (χ1v) is 8.88. The Labute approximate surface area is 158 Å². The number of benzene rings is 2. The van der Waals surface area contributed by atoms with Gasteiger partial charge in [-0.25, -0.2) is 4.79 Å². The van der Waals surface area contributed by atoms with Gasteiger partial charge in [0.2, 0.25) is 0 Å². The van der Waals surface area contributed by atoms with Crippen LogP contribution in [0.3, 0.4) is 0 Å². The molecule has 0 fully saturated rings. The Morgan fingerprint density at radius 3 is 2.74 bits per heavy atom. The number of rotatable bonds is 5. The molecule has 1 aliphatic rings. The van der Waals surface area contributed by atoms with Crippen LogP contribution in [0.1, 0.15) is 41.1 Å². The summed E-state index contributed by atoms with van der Waals surface area (Å²) in [7, 11) is 0.